The van der Waals surface area contributed by atoms with Gasteiger partial charge >= 0.3 is 0 Å². The molecule has 0 N–H and O–H groups in total. The Balaban J connectivity index is 1.90. The lowest BCUT2D eigenvalue weighted by Gasteiger charge is -2.15. The van der Waals surface area contributed by atoms with Gasteiger partial charge in [0.2, 0.25) is 0 Å². The minimum atomic E-state index is -3.03. The predicted molar refractivity (Wildman–Crippen MR) is 80.1 cm³/mol. The number of halogens is 1. The third kappa shape index (κ3) is 3.80. The number of hydrogen-bond donors (Lipinski definition) is 0. The van der Waals surface area contributed by atoms with Gasteiger partial charge in [0.05, 0.1) is 17.1 Å². The van der Waals surface area contributed by atoms with E-state index < -0.39 is 9.84 Å². The largest absolute Gasteiger partial charge is 0.377 e. The smallest absolute Gasteiger partial charge is 0.155 e. The standard InChI is InChI=1S/C14H19BrO3S/c1-11-14(8-9-18-11)19(16,17)10-4-6-12-5-2-3-7-13(12)15/h2-3,5,7,11,14H,4,6,8-10H2,1H3/t11-,14-/m0/s1. The molecule has 2 atom stereocenters. The highest BCUT2D eigenvalue weighted by atomic mass is 79.9. The summed E-state index contributed by atoms with van der Waals surface area (Å²) in [5.74, 6) is 0.243. The Morgan fingerprint density at radius 2 is 2.11 bits per heavy atom. The predicted octanol–water partition coefficient (Wildman–Crippen LogP) is 2.97. The van der Waals surface area contributed by atoms with Crippen molar-refractivity contribution in [2.24, 2.45) is 0 Å². The van der Waals surface area contributed by atoms with E-state index in [9.17, 15) is 8.42 Å². The first kappa shape index (κ1) is 15.0. The van der Waals surface area contributed by atoms with Crippen molar-refractivity contribution >= 4 is 25.8 Å². The van der Waals surface area contributed by atoms with E-state index in [0.29, 0.717) is 19.4 Å². The van der Waals surface area contributed by atoms with Crippen molar-refractivity contribution in [2.75, 3.05) is 12.4 Å². The maximum atomic E-state index is 12.2. The number of ether oxygens (including phenoxy) is 1. The second-order valence-corrected chi connectivity index (χ2v) is 8.16. The molecule has 1 saturated heterocycles. The molecule has 0 aliphatic carbocycles. The fourth-order valence-electron chi connectivity index (χ4n) is 2.50. The van der Waals surface area contributed by atoms with Gasteiger partial charge in [0, 0.05) is 11.1 Å². The zero-order valence-corrected chi connectivity index (χ0v) is 13.4. The van der Waals surface area contributed by atoms with E-state index >= 15 is 0 Å². The molecular formula is C14H19BrO3S. The van der Waals surface area contributed by atoms with Crippen LogP contribution in [0.2, 0.25) is 0 Å². The number of benzene rings is 1. The quantitative estimate of drug-likeness (QED) is 0.823. The van der Waals surface area contributed by atoms with Crippen LogP contribution in [0.5, 0.6) is 0 Å². The maximum absolute atomic E-state index is 12.2. The third-order valence-electron chi connectivity index (χ3n) is 3.60. The summed E-state index contributed by atoms with van der Waals surface area (Å²) in [5, 5.41) is -0.313. The van der Waals surface area contributed by atoms with Crippen LogP contribution < -0.4 is 0 Å². The highest BCUT2D eigenvalue weighted by Crippen LogP contribution is 2.23. The molecule has 0 spiro atoms. The van der Waals surface area contributed by atoms with Gasteiger partial charge in [-0.15, -0.1) is 0 Å². The van der Waals surface area contributed by atoms with E-state index in [-0.39, 0.29) is 17.1 Å². The summed E-state index contributed by atoms with van der Waals surface area (Å²) < 4.78 is 30.8. The summed E-state index contributed by atoms with van der Waals surface area (Å²) in [5.41, 5.74) is 1.16. The topological polar surface area (TPSA) is 43.4 Å². The number of aryl methyl sites for hydroxylation is 1. The van der Waals surface area contributed by atoms with Crippen LogP contribution in [0.4, 0.5) is 0 Å². The second-order valence-electron chi connectivity index (χ2n) is 4.96. The Morgan fingerprint density at radius 1 is 1.37 bits per heavy atom. The molecule has 0 saturated carbocycles. The van der Waals surface area contributed by atoms with Gasteiger partial charge in [0.15, 0.2) is 9.84 Å². The van der Waals surface area contributed by atoms with Crippen molar-refractivity contribution in [2.45, 2.75) is 37.5 Å². The lowest BCUT2D eigenvalue weighted by molar-refractivity contribution is 0.126. The van der Waals surface area contributed by atoms with Crippen LogP contribution in [-0.2, 0) is 21.0 Å². The molecule has 1 aliphatic rings. The van der Waals surface area contributed by atoms with Gasteiger partial charge in [-0.1, -0.05) is 34.1 Å². The molecule has 1 aromatic rings. The molecule has 1 fully saturated rings. The van der Waals surface area contributed by atoms with Crippen molar-refractivity contribution in [1.29, 1.82) is 0 Å². The molecule has 5 heteroatoms. The van der Waals surface area contributed by atoms with E-state index in [1.54, 1.807) is 0 Å². The van der Waals surface area contributed by atoms with Gasteiger partial charge in [-0.05, 0) is 37.8 Å². The van der Waals surface area contributed by atoms with Crippen LogP contribution in [0.15, 0.2) is 28.7 Å². The van der Waals surface area contributed by atoms with Gasteiger partial charge in [-0.3, -0.25) is 0 Å². The monoisotopic (exact) mass is 346 g/mol. The van der Waals surface area contributed by atoms with Crippen LogP contribution in [-0.4, -0.2) is 32.1 Å². The zero-order valence-electron chi connectivity index (χ0n) is 11.0. The molecule has 0 amide bonds. The number of hydrogen-bond acceptors (Lipinski definition) is 3. The first-order chi connectivity index (χ1) is 9.00. The molecule has 19 heavy (non-hydrogen) atoms. The highest BCUT2D eigenvalue weighted by Gasteiger charge is 2.35. The fourth-order valence-corrected chi connectivity index (χ4v) is 4.95. The fraction of sp³-hybridized carbons (Fsp3) is 0.571. The van der Waals surface area contributed by atoms with Gasteiger partial charge < -0.3 is 4.74 Å². The Morgan fingerprint density at radius 3 is 2.74 bits per heavy atom. The van der Waals surface area contributed by atoms with E-state index in [1.807, 2.05) is 31.2 Å². The molecule has 1 aliphatic heterocycles. The molecule has 1 aromatic carbocycles. The van der Waals surface area contributed by atoms with E-state index in [2.05, 4.69) is 15.9 Å². The molecule has 0 bridgehead atoms. The lowest BCUT2D eigenvalue weighted by Crippen LogP contribution is -2.30. The van der Waals surface area contributed by atoms with E-state index in [0.717, 1.165) is 16.5 Å². The van der Waals surface area contributed by atoms with Crippen LogP contribution in [0.3, 0.4) is 0 Å². The normalized spacial score (nSPS) is 23.7. The summed E-state index contributed by atoms with van der Waals surface area (Å²) in [6.45, 7) is 2.41. The molecular weight excluding hydrogens is 328 g/mol. The Kier molecular flexibility index (Phi) is 5.03. The van der Waals surface area contributed by atoms with Crippen molar-refractivity contribution in [3.8, 4) is 0 Å². The minimum absolute atomic E-state index is 0.159. The van der Waals surface area contributed by atoms with Gasteiger partial charge in [-0.2, -0.15) is 0 Å². The van der Waals surface area contributed by atoms with Crippen molar-refractivity contribution in [1.82, 2.24) is 0 Å². The zero-order chi connectivity index (χ0) is 13.9. The molecule has 0 aromatic heterocycles. The summed E-state index contributed by atoms with van der Waals surface area (Å²) in [7, 11) is -3.03. The number of sulfone groups is 1. The van der Waals surface area contributed by atoms with Crippen molar-refractivity contribution in [3.63, 3.8) is 0 Å². The van der Waals surface area contributed by atoms with Gasteiger partial charge in [-0.25, -0.2) is 8.42 Å². The average molecular weight is 347 g/mol. The first-order valence-corrected chi connectivity index (χ1v) is 9.08. The second kappa shape index (κ2) is 6.37. The van der Waals surface area contributed by atoms with Crippen LogP contribution in [0.1, 0.15) is 25.3 Å². The third-order valence-corrected chi connectivity index (χ3v) is 6.77. The molecule has 3 nitrogen and oxygen atoms in total. The van der Waals surface area contributed by atoms with Gasteiger partial charge in [0.1, 0.15) is 0 Å². The van der Waals surface area contributed by atoms with E-state index in [1.165, 1.54) is 0 Å². The van der Waals surface area contributed by atoms with Gasteiger partial charge in [0.25, 0.3) is 0 Å². The van der Waals surface area contributed by atoms with Crippen molar-refractivity contribution < 1.29 is 13.2 Å². The Labute approximate surface area is 123 Å². The summed E-state index contributed by atoms with van der Waals surface area (Å²) in [6, 6.07) is 7.94. The molecule has 1 heterocycles. The first-order valence-electron chi connectivity index (χ1n) is 6.57. The van der Waals surface area contributed by atoms with Crippen LogP contribution in [0.25, 0.3) is 0 Å². The summed E-state index contributed by atoms with van der Waals surface area (Å²) in [6.07, 6.45) is 1.92. The Hall–Kier alpha value is -0.390. The maximum Gasteiger partial charge on any atom is 0.155 e. The molecule has 106 valence electrons. The minimum Gasteiger partial charge on any atom is -0.377 e. The number of rotatable bonds is 5. The molecule has 0 unspecified atom stereocenters. The van der Waals surface area contributed by atoms with Crippen LogP contribution >= 0.6 is 15.9 Å². The lowest BCUT2D eigenvalue weighted by atomic mass is 10.1. The molecule has 0 radical (unpaired) electrons. The van der Waals surface area contributed by atoms with Crippen molar-refractivity contribution in [3.05, 3.63) is 34.3 Å². The highest BCUT2D eigenvalue weighted by molar-refractivity contribution is 9.10. The SMILES string of the molecule is C[C@@H]1OCC[C@@H]1S(=O)(=O)CCCc1ccccc1Br. The molecule has 2 rings (SSSR count). The Bertz CT molecular complexity index is 527. The summed E-state index contributed by atoms with van der Waals surface area (Å²) in [4.78, 5) is 0. The average Bonchev–Trinajstić information content (AvgIpc) is 2.79. The van der Waals surface area contributed by atoms with E-state index in [4.69, 9.17) is 4.74 Å². The summed E-state index contributed by atoms with van der Waals surface area (Å²) >= 11 is 3.48. The van der Waals surface area contributed by atoms with Crippen LogP contribution in [0, 0.1) is 0 Å².